The van der Waals surface area contributed by atoms with Crippen LogP contribution in [0.4, 0.5) is 0 Å². The number of rotatable bonds is 3. The highest BCUT2D eigenvalue weighted by molar-refractivity contribution is 14.0. The fourth-order valence-corrected chi connectivity index (χ4v) is 1.81. The van der Waals surface area contributed by atoms with Gasteiger partial charge in [-0.15, -0.1) is 24.0 Å². The highest BCUT2D eigenvalue weighted by Gasteiger charge is 2.07. The molecule has 0 N–H and O–H groups in total. The van der Waals surface area contributed by atoms with Crippen LogP contribution >= 0.6 is 24.0 Å². The number of aryl methyl sites for hydroxylation is 1. The van der Waals surface area contributed by atoms with Gasteiger partial charge in [-0.25, -0.2) is 4.57 Å². The first kappa shape index (κ1) is 15.7. The van der Waals surface area contributed by atoms with E-state index in [-0.39, 0.29) is 24.0 Å². The van der Waals surface area contributed by atoms with Gasteiger partial charge in [0.1, 0.15) is 13.1 Å². The summed E-state index contributed by atoms with van der Waals surface area (Å²) in [7, 11) is 1.92. The maximum Gasteiger partial charge on any atom is 0.226 e. The normalized spacial score (nSPS) is 11.2. The molecule has 0 aliphatic carbocycles. The molecule has 0 bridgehead atoms. The molecule has 0 atom stereocenters. The number of benzene rings is 1. The first-order valence-corrected chi connectivity index (χ1v) is 5.99. The van der Waals surface area contributed by atoms with Gasteiger partial charge in [-0.1, -0.05) is 13.0 Å². The fraction of sp³-hybridized carbons (Fsp3) is 0.286. The van der Waals surface area contributed by atoms with Crippen LogP contribution < -0.4 is 14.4 Å². The van der Waals surface area contributed by atoms with Crippen LogP contribution in [0.2, 0.25) is 0 Å². The van der Waals surface area contributed by atoms with Crippen LogP contribution in [-0.4, -0.2) is 12.6 Å². The molecular weight excluding hydrogens is 355 g/mol. The lowest BCUT2D eigenvalue weighted by Gasteiger charge is -2.14. The van der Waals surface area contributed by atoms with Crippen LogP contribution in [0, 0.1) is 0 Å². The number of pyridine rings is 1. The molecule has 5 heteroatoms. The average molecular weight is 372 g/mol. The van der Waals surface area contributed by atoms with Crippen molar-refractivity contribution >= 4 is 41.0 Å². The van der Waals surface area contributed by atoms with Crippen molar-refractivity contribution in [2.24, 2.45) is 12.0 Å². The van der Waals surface area contributed by atoms with E-state index in [4.69, 9.17) is 4.74 Å². The zero-order valence-corrected chi connectivity index (χ0v) is 13.3. The Kier molecular flexibility index (Phi) is 6.01. The molecule has 102 valence electrons. The predicted octanol–water partition coefficient (Wildman–Crippen LogP) is 1.79. The molecule has 0 radical (unpaired) electrons. The third kappa shape index (κ3) is 3.79. The van der Waals surface area contributed by atoms with Crippen molar-refractivity contribution in [3.05, 3.63) is 36.5 Å². The summed E-state index contributed by atoms with van der Waals surface area (Å²) in [6, 6.07) is 9.56. The van der Waals surface area contributed by atoms with Gasteiger partial charge in [0.15, 0.2) is 6.20 Å². The Bertz CT molecular complexity index is 579. The zero-order valence-electron chi connectivity index (χ0n) is 11.0. The minimum atomic E-state index is -0.534. The smallest absolute Gasteiger partial charge is 0.226 e. The van der Waals surface area contributed by atoms with Gasteiger partial charge in [0.2, 0.25) is 5.52 Å². The number of aliphatic imine (C=N–C) groups is 1. The van der Waals surface area contributed by atoms with Crippen LogP contribution in [0.15, 0.2) is 41.5 Å². The minimum Gasteiger partial charge on any atom is -0.560 e. The minimum absolute atomic E-state index is 0. The second kappa shape index (κ2) is 7.28. The third-order valence-corrected chi connectivity index (χ3v) is 2.63. The summed E-state index contributed by atoms with van der Waals surface area (Å²) in [5, 5.41) is 12.6. The van der Waals surface area contributed by atoms with E-state index in [0.717, 1.165) is 17.3 Å². The van der Waals surface area contributed by atoms with Gasteiger partial charge >= 0.3 is 0 Å². The number of fused-ring (bicyclic) bond motifs is 1. The Balaban J connectivity index is 0.00000180. The van der Waals surface area contributed by atoms with Gasteiger partial charge in [0, 0.05) is 18.0 Å². The van der Waals surface area contributed by atoms with Crippen LogP contribution in [-0.2, 0) is 7.05 Å². The monoisotopic (exact) mass is 372 g/mol. The molecule has 1 heterocycles. The molecule has 0 amide bonds. The van der Waals surface area contributed by atoms with Crippen molar-refractivity contribution in [3.63, 3.8) is 0 Å². The molecule has 1 aromatic heterocycles. The van der Waals surface area contributed by atoms with E-state index in [0.29, 0.717) is 12.3 Å². The summed E-state index contributed by atoms with van der Waals surface area (Å²) in [4.78, 5) is 3.80. The molecule has 0 aliphatic rings. The maximum absolute atomic E-state index is 11.5. The number of para-hydroxylation sites is 1. The summed E-state index contributed by atoms with van der Waals surface area (Å²) in [5.74, 6) is 0.542. The molecule has 2 aromatic rings. The molecule has 0 saturated carbocycles. The quantitative estimate of drug-likeness (QED) is 0.357. The Hall–Kier alpha value is -1.37. The highest BCUT2D eigenvalue weighted by atomic mass is 127. The highest BCUT2D eigenvalue weighted by Crippen LogP contribution is 2.21. The lowest BCUT2D eigenvalue weighted by atomic mass is 10.2. The van der Waals surface area contributed by atoms with Gasteiger partial charge in [0.05, 0.1) is 5.75 Å². The lowest BCUT2D eigenvalue weighted by Crippen LogP contribution is -2.30. The predicted molar refractivity (Wildman–Crippen MR) is 83.8 cm³/mol. The number of nitrogens with zero attached hydrogens (tertiary/aromatic N) is 2. The molecule has 1 aromatic carbocycles. The molecule has 0 saturated heterocycles. The van der Waals surface area contributed by atoms with Crippen LogP contribution in [0.25, 0.3) is 10.9 Å². The Labute approximate surface area is 129 Å². The molecule has 0 aliphatic heterocycles. The topological polar surface area (TPSA) is 48.5 Å². The summed E-state index contributed by atoms with van der Waals surface area (Å²) in [6.45, 7) is 2.46. The largest absolute Gasteiger partial charge is 0.560 e. The number of ether oxygens (including phenoxy) is 1. The van der Waals surface area contributed by atoms with Crippen molar-refractivity contribution < 1.29 is 14.4 Å². The van der Waals surface area contributed by atoms with E-state index < -0.39 is 6.08 Å². The van der Waals surface area contributed by atoms with Gasteiger partial charge in [-0.2, -0.15) is 0 Å². The lowest BCUT2D eigenvalue weighted by molar-refractivity contribution is -0.645. The summed E-state index contributed by atoms with van der Waals surface area (Å²) >= 11 is 0. The van der Waals surface area contributed by atoms with E-state index in [1.54, 1.807) is 6.07 Å². The Morgan fingerprint density at radius 3 is 2.79 bits per heavy atom. The fourth-order valence-electron chi connectivity index (χ4n) is 1.81. The van der Waals surface area contributed by atoms with Gasteiger partial charge < -0.3 is 9.84 Å². The van der Waals surface area contributed by atoms with Crippen molar-refractivity contribution in [1.29, 1.82) is 0 Å². The van der Waals surface area contributed by atoms with Crippen molar-refractivity contribution in [2.45, 2.75) is 13.3 Å². The van der Waals surface area contributed by atoms with Crippen LogP contribution in [0.5, 0.6) is 5.75 Å². The van der Waals surface area contributed by atoms with E-state index in [2.05, 4.69) is 4.99 Å². The van der Waals surface area contributed by atoms with Gasteiger partial charge in [-0.3, -0.25) is 4.99 Å². The number of halogens is 1. The van der Waals surface area contributed by atoms with E-state index in [1.807, 2.05) is 49.0 Å². The Morgan fingerprint density at radius 1 is 1.32 bits per heavy atom. The second-order valence-electron chi connectivity index (χ2n) is 4.06. The first-order chi connectivity index (χ1) is 8.72. The van der Waals surface area contributed by atoms with Crippen molar-refractivity contribution in [1.82, 2.24) is 0 Å². The van der Waals surface area contributed by atoms with Crippen molar-refractivity contribution in [2.75, 3.05) is 6.54 Å². The molecule has 19 heavy (non-hydrogen) atoms. The molecule has 0 fully saturated rings. The average Bonchev–Trinajstić information content (AvgIpc) is 2.37. The maximum atomic E-state index is 11.5. The molecule has 0 spiro atoms. The van der Waals surface area contributed by atoms with E-state index in [1.165, 1.54) is 0 Å². The molecule has 0 unspecified atom stereocenters. The zero-order chi connectivity index (χ0) is 13.0. The summed E-state index contributed by atoms with van der Waals surface area (Å²) in [6.07, 6.45) is 2.22. The molecule has 4 nitrogen and oxygen atoms in total. The number of hydrogen-bond acceptors (Lipinski definition) is 3. The van der Waals surface area contributed by atoms with Crippen LogP contribution in [0.1, 0.15) is 13.3 Å². The van der Waals surface area contributed by atoms with E-state index in [9.17, 15) is 5.11 Å². The summed E-state index contributed by atoms with van der Waals surface area (Å²) < 4.78 is 7.21. The van der Waals surface area contributed by atoms with Crippen molar-refractivity contribution in [3.8, 4) is 5.75 Å². The van der Waals surface area contributed by atoms with Crippen LogP contribution in [0.3, 0.4) is 0 Å². The third-order valence-electron chi connectivity index (χ3n) is 2.63. The second-order valence-corrected chi connectivity index (χ2v) is 4.06. The van der Waals surface area contributed by atoms with Gasteiger partial charge in [0.25, 0.3) is 0 Å². The SMILES string of the molecule is CCCN=C([O-])Oc1cccc2ccc[n+](C)c12.I. The van der Waals surface area contributed by atoms with E-state index >= 15 is 0 Å². The Morgan fingerprint density at radius 2 is 2.05 bits per heavy atom. The first-order valence-electron chi connectivity index (χ1n) is 5.99. The number of aromatic nitrogens is 1. The number of hydrogen-bond donors (Lipinski definition) is 0. The summed E-state index contributed by atoms with van der Waals surface area (Å²) in [5.41, 5.74) is 0.889. The standard InChI is InChI=1S/C14H16N2O2.HI/c1-3-9-15-14(17)18-12-8-4-6-11-7-5-10-16(2)13(11)12;/h4-8,10H,3,9H2,1-2H3;1H. The molecule has 2 rings (SSSR count). The van der Waals surface area contributed by atoms with Gasteiger partial charge in [-0.05, 0) is 24.6 Å². The molecular formula is C14H17IN2O2.